The van der Waals surface area contributed by atoms with Gasteiger partial charge in [0.1, 0.15) is 0 Å². The summed E-state index contributed by atoms with van der Waals surface area (Å²) in [6, 6.07) is 12.4. The van der Waals surface area contributed by atoms with Crippen LogP contribution in [0.5, 0.6) is 0 Å². The largest absolute Gasteiger partial charge is 0.461 e. The third kappa shape index (κ3) is 2.72. The predicted molar refractivity (Wildman–Crippen MR) is 95.0 cm³/mol. The zero-order valence-electron chi connectivity index (χ0n) is 13.7. The van der Waals surface area contributed by atoms with Gasteiger partial charge in [-0.2, -0.15) is 0 Å². The van der Waals surface area contributed by atoms with Crippen LogP contribution < -0.4 is 0 Å². The SMILES string of the molecule is CCn1c(-c2ccco2)nn(CN2CCc3ccccc3C2)c1=S. The molecule has 6 heteroatoms. The molecule has 0 atom stereocenters. The highest BCUT2D eigenvalue weighted by atomic mass is 32.1. The molecule has 0 fully saturated rings. The monoisotopic (exact) mass is 340 g/mol. The van der Waals surface area contributed by atoms with Gasteiger partial charge in [0.25, 0.3) is 0 Å². The van der Waals surface area contributed by atoms with Crippen LogP contribution in [0.1, 0.15) is 18.1 Å². The molecule has 2 aromatic heterocycles. The first-order valence-electron chi connectivity index (χ1n) is 8.27. The van der Waals surface area contributed by atoms with Crippen LogP contribution in [0.3, 0.4) is 0 Å². The smallest absolute Gasteiger partial charge is 0.199 e. The van der Waals surface area contributed by atoms with Crippen molar-refractivity contribution >= 4 is 12.2 Å². The molecule has 0 saturated carbocycles. The zero-order chi connectivity index (χ0) is 16.5. The summed E-state index contributed by atoms with van der Waals surface area (Å²) in [6.07, 6.45) is 2.74. The molecule has 0 spiro atoms. The number of hydrogen-bond donors (Lipinski definition) is 0. The summed E-state index contributed by atoms with van der Waals surface area (Å²) in [5, 5.41) is 4.71. The minimum absolute atomic E-state index is 0.702. The average molecular weight is 340 g/mol. The van der Waals surface area contributed by atoms with Gasteiger partial charge in [0.2, 0.25) is 0 Å². The Balaban J connectivity index is 1.61. The van der Waals surface area contributed by atoms with Gasteiger partial charge in [-0.1, -0.05) is 24.3 Å². The summed E-state index contributed by atoms with van der Waals surface area (Å²) >= 11 is 5.63. The summed E-state index contributed by atoms with van der Waals surface area (Å²) in [7, 11) is 0. The van der Waals surface area contributed by atoms with Crippen LogP contribution in [0, 0.1) is 4.77 Å². The topological polar surface area (TPSA) is 39.1 Å². The van der Waals surface area contributed by atoms with Crippen molar-refractivity contribution in [3.05, 3.63) is 58.6 Å². The maximum Gasteiger partial charge on any atom is 0.199 e. The van der Waals surface area contributed by atoms with Gasteiger partial charge in [0.15, 0.2) is 16.4 Å². The summed E-state index contributed by atoms with van der Waals surface area (Å²) in [5.41, 5.74) is 2.85. The maximum atomic E-state index is 5.63. The molecule has 0 bridgehead atoms. The molecule has 24 heavy (non-hydrogen) atoms. The molecular formula is C18H20N4OS. The van der Waals surface area contributed by atoms with Gasteiger partial charge in [0.05, 0.1) is 12.9 Å². The Morgan fingerprint density at radius 2 is 2.00 bits per heavy atom. The van der Waals surface area contributed by atoms with Crippen molar-refractivity contribution in [3.8, 4) is 11.6 Å². The predicted octanol–water partition coefficient (Wildman–Crippen LogP) is 3.71. The van der Waals surface area contributed by atoms with E-state index in [1.807, 2.05) is 21.4 Å². The zero-order valence-corrected chi connectivity index (χ0v) is 14.5. The Bertz CT molecular complexity index is 894. The fraction of sp³-hybridized carbons (Fsp3) is 0.333. The first-order valence-corrected chi connectivity index (χ1v) is 8.67. The number of nitrogens with zero attached hydrogens (tertiary/aromatic N) is 4. The number of benzene rings is 1. The van der Waals surface area contributed by atoms with Gasteiger partial charge in [-0.3, -0.25) is 9.47 Å². The molecule has 0 unspecified atom stereocenters. The molecule has 5 nitrogen and oxygen atoms in total. The van der Waals surface area contributed by atoms with E-state index < -0.39 is 0 Å². The standard InChI is InChI=1S/C18H20N4OS/c1-2-21-17(16-8-5-11-23-16)19-22(18(21)24)13-20-10-9-14-6-3-4-7-15(14)12-20/h3-8,11H,2,9-10,12-13H2,1H3. The Kier molecular flexibility index (Phi) is 4.08. The molecule has 124 valence electrons. The quantitative estimate of drug-likeness (QED) is 0.679. The van der Waals surface area contributed by atoms with Crippen LogP contribution in [0.2, 0.25) is 0 Å². The Labute approximate surface area is 146 Å². The van der Waals surface area contributed by atoms with Crippen molar-refractivity contribution in [2.45, 2.75) is 33.1 Å². The fourth-order valence-corrected chi connectivity index (χ4v) is 3.58. The second-order valence-electron chi connectivity index (χ2n) is 6.04. The molecule has 3 aromatic rings. The second-order valence-corrected chi connectivity index (χ2v) is 6.41. The van der Waals surface area contributed by atoms with E-state index in [0.29, 0.717) is 6.67 Å². The van der Waals surface area contributed by atoms with Gasteiger partial charge in [0, 0.05) is 19.6 Å². The molecule has 1 aliphatic heterocycles. The van der Waals surface area contributed by atoms with Crippen molar-refractivity contribution in [1.82, 2.24) is 19.2 Å². The molecule has 0 aliphatic carbocycles. The third-order valence-corrected chi connectivity index (χ3v) is 4.96. The first-order chi connectivity index (χ1) is 11.8. The molecule has 3 heterocycles. The number of hydrogen-bond acceptors (Lipinski definition) is 4. The number of furan rings is 1. The van der Waals surface area contributed by atoms with Crippen LogP contribution in [0.15, 0.2) is 47.1 Å². The lowest BCUT2D eigenvalue weighted by Crippen LogP contribution is -2.32. The van der Waals surface area contributed by atoms with Gasteiger partial charge in [-0.05, 0) is 48.8 Å². The molecule has 0 N–H and O–H groups in total. The Morgan fingerprint density at radius 3 is 2.75 bits per heavy atom. The highest BCUT2D eigenvalue weighted by Crippen LogP contribution is 2.21. The minimum Gasteiger partial charge on any atom is -0.461 e. The highest BCUT2D eigenvalue weighted by Gasteiger charge is 2.19. The van der Waals surface area contributed by atoms with Gasteiger partial charge in [-0.25, -0.2) is 4.68 Å². The average Bonchev–Trinajstić information content (AvgIpc) is 3.23. The number of fused-ring (bicyclic) bond motifs is 1. The highest BCUT2D eigenvalue weighted by molar-refractivity contribution is 7.71. The normalized spacial score (nSPS) is 14.7. The van der Waals surface area contributed by atoms with Crippen LogP contribution in [0.25, 0.3) is 11.6 Å². The van der Waals surface area contributed by atoms with E-state index in [1.165, 1.54) is 11.1 Å². The van der Waals surface area contributed by atoms with Gasteiger partial charge >= 0.3 is 0 Å². The second kappa shape index (κ2) is 6.37. The van der Waals surface area contributed by atoms with Crippen LogP contribution >= 0.6 is 12.2 Å². The molecular weight excluding hydrogens is 320 g/mol. The van der Waals surface area contributed by atoms with E-state index in [-0.39, 0.29) is 0 Å². The molecule has 0 radical (unpaired) electrons. The van der Waals surface area contributed by atoms with Crippen molar-refractivity contribution in [2.24, 2.45) is 0 Å². The number of aromatic nitrogens is 3. The van der Waals surface area contributed by atoms with E-state index in [4.69, 9.17) is 21.7 Å². The Hall–Kier alpha value is -2.18. The van der Waals surface area contributed by atoms with E-state index >= 15 is 0 Å². The third-order valence-electron chi connectivity index (χ3n) is 4.52. The van der Waals surface area contributed by atoms with Crippen LogP contribution in [-0.2, 0) is 26.2 Å². The Morgan fingerprint density at radius 1 is 1.17 bits per heavy atom. The summed E-state index contributed by atoms with van der Waals surface area (Å²) in [4.78, 5) is 2.39. The van der Waals surface area contributed by atoms with Crippen molar-refractivity contribution in [3.63, 3.8) is 0 Å². The molecule has 1 aliphatic rings. The van der Waals surface area contributed by atoms with Gasteiger partial charge < -0.3 is 4.42 Å². The van der Waals surface area contributed by atoms with E-state index in [1.54, 1.807) is 6.26 Å². The summed E-state index contributed by atoms with van der Waals surface area (Å²) in [6.45, 7) is 5.51. The van der Waals surface area contributed by atoms with Crippen LogP contribution in [0.4, 0.5) is 0 Å². The minimum atomic E-state index is 0.702. The van der Waals surface area contributed by atoms with E-state index in [0.717, 1.165) is 42.4 Å². The first kappa shape index (κ1) is 15.4. The van der Waals surface area contributed by atoms with Gasteiger partial charge in [-0.15, -0.1) is 5.10 Å². The van der Waals surface area contributed by atoms with Crippen LogP contribution in [-0.4, -0.2) is 25.8 Å². The van der Waals surface area contributed by atoms with E-state index in [9.17, 15) is 0 Å². The van der Waals surface area contributed by atoms with E-state index in [2.05, 4.69) is 36.1 Å². The fourth-order valence-electron chi connectivity index (χ4n) is 3.27. The summed E-state index contributed by atoms with van der Waals surface area (Å²) in [5.74, 6) is 1.55. The lowest BCUT2D eigenvalue weighted by Gasteiger charge is -2.28. The van der Waals surface area contributed by atoms with Crippen molar-refractivity contribution in [1.29, 1.82) is 0 Å². The van der Waals surface area contributed by atoms with Crippen molar-refractivity contribution in [2.75, 3.05) is 6.54 Å². The molecule has 1 aromatic carbocycles. The molecule has 0 amide bonds. The lowest BCUT2D eigenvalue weighted by atomic mass is 10.0. The molecule has 0 saturated heterocycles. The molecule has 4 rings (SSSR count). The lowest BCUT2D eigenvalue weighted by molar-refractivity contribution is 0.188. The summed E-state index contributed by atoms with van der Waals surface area (Å²) < 4.78 is 10.2. The maximum absolute atomic E-state index is 5.63. The number of rotatable bonds is 4. The van der Waals surface area contributed by atoms with Crippen molar-refractivity contribution < 1.29 is 4.42 Å².